The van der Waals surface area contributed by atoms with Crippen LogP contribution < -0.4 is 11.1 Å². The Balaban J connectivity index is 2.29. The maximum atomic E-state index is 13.1. The van der Waals surface area contributed by atoms with Crippen LogP contribution in [0.5, 0.6) is 0 Å². The Bertz CT molecular complexity index is 853. The number of rotatable bonds is 5. The third-order valence-corrected chi connectivity index (χ3v) is 4.19. The number of amides is 2. The fourth-order valence-corrected chi connectivity index (χ4v) is 2.97. The van der Waals surface area contributed by atoms with E-state index in [1.54, 1.807) is 0 Å². The molecular formula is C17H13F3N2O3S. The number of alkyl halides is 3. The molecule has 2 rings (SSSR count). The van der Waals surface area contributed by atoms with E-state index in [2.05, 4.69) is 5.32 Å². The van der Waals surface area contributed by atoms with E-state index < -0.39 is 40.8 Å². The van der Waals surface area contributed by atoms with Crippen LogP contribution >= 0.6 is 11.8 Å². The van der Waals surface area contributed by atoms with Gasteiger partial charge in [-0.25, -0.2) is 0 Å². The molecule has 0 aliphatic heterocycles. The molecule has 136 valence electrons. The summed E-state index contributed by atoms with van der Waals surface area (Å²) in [6.45, 7) is -0.400. The van der Waals surface area contributed by atoms with Gasteiger partial charge in [-0.05, 0) is 36.0 Å². The standard InChI is InChI=1S/C17H13F3N2O3S/c18-17(19,20)12-7-3-1-5-10(12)16(25)26-13-8-4-2-6-11(13)15(24)22-9-14(21)23/h1-8H,9H2,(H2,21,23)(H,22,24). The highest BCUT2D eigenvalue weighted by Gasteiger charge is 2.35. The molecule has 0 atom stereocenters. The number of thioether (sulfide) groups is 1. The summed E-state index contributed by atoms with van der Waals surface area (Å²) in [5, 5.41) is 1.42. The average molecular weight is 382 g/mol. The third kappa shape index (κ3) is 4.85. The number of carbonyl (C=O) groups excluding carboxylic acids is 3. The second kappa shape index (κ2) is 8.05. The third-order valence-electron chi connectivity index (χ3n) is 3.21. The summed E-state index contributed by atoms with van der Waals surface area (Å²) in [5.41, 5.74) is 3.45. The van der Waals surface area contributed by atoms with Gasteiger partial charge in [-0.3, -0.25) is 14.4 Å². The molecule has 0 saturated heterocycles. The van der Waals surface area contributed by atoms with Crippen LogP contribution in [-0.2, 0) is 11.0 Å². The number of carbonyl (C=O) groups is 3. The smallest absolute Gasteiger partial charge is 0.368 e. The van der Waals surface area contributed by atoms with Crippen LogP contribution in [0.15, 0.2) is 53.4 Å². The lowest BCUT2D eigenvalue weighted by molar-refractivity contribution is -0.137. The van der Waals surface area contributed by atoms with Crippen molar-refractivity contribution in [3.05, 3.63) is 65.2 Å². The van der Waals surface area contributed by atoms with E-state index in [1.807, 2.05) is 0 Å². The van der Waals surface area contributed by atoms with E-state index in [1.165, 1.54) is 36.4 Å². The summed E-state index contributed by atoms with van der Waals surface area (Å²) in [6, 6.07) is 10.3. The fraction of sp³-hybridized carbons (Fsp3) is 0.118. The topological polar surface area (TPSA) is 89.3 Å². The van der Waals surface area contributed by atoms with Crippen LogP contribution in [0.2, 0.25) is 0 Å². The SMILES string of the molecule is NC(=O)CNC(=O)c1ccccc1SC(=O)c1ccccc1C(F)(F)F. The molecule has 0 radical (unpaired) electrons. The normalized spacial score (nSPS) is 11.0. The number of hydrogen-bond acceptors (Lipinski definition) is 4. The lowest BCUT2D eigenvalue weighted by Gasteiger charge is -2.12. The van der Waals surface area contributed by atoms with Crippen molar-refractivity contribution >= 4 is 28.7 Å². The van der Waals surface area contributed by atoms with Crippen molar-refractivity contribution in [2.24, 2.45) is 5.73 Å². The van der Waals surface area contributed by atoms with Crippen molar-refractivity contribution in [3.8, 4) is 0 Å². The van der Waals surface area contributed by atoms with Gasteiger partial charge < -0.3 is 11.1 Å². The van der Waals surface area contributed by atoms with E-state index in [4.69, 9.17) is 5.73 Å². The van der Waals surface area contributed by atoms with Crippen LogP contribution in [0.4, 0.5) is 13.2 Å². The lowest BCUT2D eigenvalue weighted by Crippen LogP contribution is -2.33. The van der Waals surface area contributed by atoms with Crippen LogP contribution in [-0.4, -0.2) is 23.5 Å². The molecule has 2 aromatic carbocycles. The minimum absolute atomic E-state index is 0.0524. The Kier molecular flexibility index (Phi) is 6.04. The van der Waals surface area contributed by atoms with Gasteiger partial charge in [0.2, 0.25) is 11.0 Å². The van der Waals surface area contributed by atoms with Crippen molar-refractivity contribution in [2.45, 2.75) is 11.1 Å². The van der Waals surface area contributed by atoms with Crippen LogP contribution in [0.25, 0.3) is 0 Å². The first kappa shape index (κ1) is 19.5. The van der Waals surface area contributed by atoms with E-state index >= 15 is 0 Å². The highest BCUT2D eigenvalue weighted by molar-refractivity contribution is 8.14. The van der Waals surface area contributed by atoms with E-state index in [9.17, 15) is 27.6 Å². The van der Waals surface area contributed by atoms with Crippen molar-refractivity contribution in [3.63, 3.8) is 0 Å². The number of primary amides is 1. The Morgan fingerprint density at radius 3 is 2.15 bits per heavy atom. The fourth-order valence-electron chi connectivity index (χ4n) is 2.07. The zero-order valence-electron chi connectivity index (χ0n) is 13.2. The second-order valence-electron chi connectivity index (χ2n) is 5.08. The van der Waals surface area contributed by atoms with Gasteiger partial charge in [0, 0.05) is 10.5 Å². The maximum Gasteiger partial charge on any atom is 0.417 e. The zero-order chi connectivity index (χ0) is 19.3. The molecule has 9 heteroatoms. The minimum atomic E-state index is -4.68. The Labute approximate surface area is 150 Å². The molecule has 0 aromatic heterocycles. The zero-order valence-corrected chi connectivity index (χ0v) is 14.0. The molecule has 5 nitrogen and oxygen atoms in total. The van der Waals surface area contributed by atoms with Gasteiger partial charge in [-0.2, -0.15) is 13.2 Å². The van der Waals surface area contributed by atoms with Crippen molar-refractivity contribution in [1.29, 1.82) is 0 Å². The predicted octanol–water partition coefficient (Wildman–Crippen LogP) is 2.85. The van der Waals surface area contributed by atoms with E-state index in [0.717, 1.165) is 12.1 Å². The summed E-state index contributed by atoms with van der Waals surface area (Å²) < 4.78 is 39.2. The first-order valence-corrected chi connectivity index (χ1v) is 8.05. The van der Waals surface area contributed by atoms with Crippen LogP contribution in [0.1, 0.15) is 26.3 Å². The van der Waals surface area contributed by atoms with E-state index in [0.29, 0.717) is 11.8 Å². The van der Waals surface area contributed by atoms with Gasteiger partial charge in [0.25, 0.3) is 5.91 Å². The number of nitrogens with two attached hydrogens (primary N) is 1. The van der Waals surface area contributed by atoms with Gasteiger partial charge in [0.15, 0.2) is 0 Å². The molecule has 0 unspecified atom stereocenters. The number of nitrogens with one attached hydrogen (secondary N) is 1. The molecule has 0 aliphatic rings. The molecule has 0 heterocycles. The molecule has 0 spiro atoms. The Morgan fingerprint density at radius 1 is 0.962 bits per heavy atom. The summed E-state index contributed by atoms with van der Waals surface area (Å²) in [5.74, 6) is -1.41. The first-order chi connectivity index (χ1) is 12.2. The van der Waals surface area contributed by atoms with Gasteiger partial charge >= 0.3 is 6.18 Å². The Hall–Kier alpha value is -2.81. The predicted molar refractivity (Wildman–Crippen MR) is 89.6 cm³/mol. The monoisotopic (exact) mass is 382 g/mol. The van der Waals surface area contributed by atoms with Crippen molar-refractivity contribution in [2.75, 3.05) is 6.54 Å². The summed E-state index contributed by atoms with van der Waals surface area (Å²) >= 11 is 0.500. The van der Waals surface area contributed by atoms with Gasteiger partial charge in [0.1, 0.15) is 0 Å². The number of hydrogen-bond donors (Lipinski definition) is 2. The maximum absolute atomic E-state index is 13.1. The second-order valence-corrected chi connectivity index (χ2v) is 6.09. The Morgan fingerprint density at radius 2 is 1.54 bits per heavy atom. The van der Waals surface area contributed by atoms with Crippen LogP contribution in [0, 0.1) is 0 Å². The van der Waals surface area contributed by atoms with Crippen LogP contribution in [0.3, 0.4) is 0 Å². The number of benzene rings is 2. The van der Waals surface area contributed by atoms with Gasteiger partial charge in [0.05, 0.1) is 17.7 Å². The highest BCUT2D eigenvalue weighted by atomic mass is 32.2. The molecular weight excluding hydrogens is 369 g/mol. The molecule has 0 fully saturated rings. The molecule has 0 aliphatic carbocycles. The van der Waals surface area contributed by atoms with Crippen molar-refractivity contribution in [1.82, 2.24) is 5.32 Å². The summed E-state index contributed by atoms with van der Waals surface area (Å²) in [6.07, 6.45) is -4.68. The summed E-state index contributed by atoms with van der Waals surface area (Å²) in [4.78, 5) is 35.4. The molecule has 2 aromatic rings. The first-order valence-electron chi connectivity index (χ1n) is 7.24. The largest absolute Gasteiger partial charge is 0.417 e. The average Bonchev–Trinajstić information content (AvgIpc) is 2.59. The van der Waals surface area contributed by atoms with Crippen molar-refractivity contribution < 1.29 is 27.6 Å². The molecule has 2 amide bonds. The van der Waals surface area contributed by atoms with Gasteiger partial charge in [-0.15, -0.1) is 0 Å². The molecule has 0 saturated carbocycles. The minimum Gasteiger partial charge on any atom is -0.368 e. The quantitative estimate of drug-likeness (QED) is 0.779. The molecule has 3 N–H and O–H groups in total. The molecule has 0 bridgehead atoms. The summed E-state index contributed by atoms with van der Waals surface area (Å²) in [7, 11) is 0. The lowest BCUT2D eigenvalue weighted by atomic mass is 10.1. The van der Waals surface area contributed by atoms with E-state index in [-0.39, 0.29) is 10.5 Å². The van der Waals surface area contributed by atoms with Gasteiger partial charge in [-0.1, -0.05) is 24.3 Å². The molecule has 26 heavy (non-hydrogen) atoms. The number of halogens is 3. The highest BCUT2D eigenvalue weighted by Crippen LogP contribution is 2.35.